The molecule has 0 aliphatic rings. The summed E-state index contributed by atoms with van der Waals surface area (Å²) in [5.41, 5.74) is 0. The number of nitrogens with zero attached hydrogens (tertiary/aromatic N) is 1. The average Bonchev–Trinajstić information content (AvgIpc) is 2.70. The fraction of sp³-hybridized carbons (Fsp3) is 0.962. The molecule has 0 atom stereocenters. The van der Waals surface area contributed by atoms with Crippen LogP contribution >= 0.6 is 0 Å². The molecule has 0 amide bonds. The Labute approximate surface area is 178 Å². The lowest BCUT2D eigenvalue weighted by Crippen LogP contribution is -2.21. The summed E-state index contributed by atoms with van der Waals surface area (Å²) in [4.78, 5) is 4.68. The first kappa shape index (κ1) is 27.5. The Balaban J connectivity index is 3.22. The molecule has 0 bridgehead atoms. The Hall–Kier alpha value is -0.530. The minimum absolute atomic E-state index is 1.01. The van der Waals surface area contributed by atoms with Crippen LogP contribution in [0.4, 0.5) is 0 Å². The van der Waals surface area contributed by atoms with E-state index in [0.29, 0.717) is 0 Å². The lowest BCUT2D eigenvalue weighted by molar-refractivity contribution is 0.554. The molecule has 0 unspecified atom stereocenters. The highest BCUT2D eigenvalue weighted by atomic mass is 15.0. The number of nitrogens with one attached hydrogen (secondary N) is 1. The van der Waals surface area contributed by atoms with Gasteiger partial charge < -0.3 is 5.32 Å². The molecule has 0 aliphatic carbocycles. The van der Waals surface area contributed by atoms with Crippen LogP contribution in [-0.2, 0) is 0 Å². The van der Waals surface area contributed by atoms with E-state index >= 15 is 0 Å². The van der Waals surface area contributed by atoms with E-state index in [1.807, 2.05) is 0 Å². The first-order valence-electron chi connectivity index (χ1n) is 13.1. The summed E-state index contributed by atoms with van der Waals surface area (Å²) >= 11 is 0. The number of aliphatic imine (C=N–C) groups is 1. The Bertz CT molecular complexity index is 312. The second kappa shape index (κ2) is 24.5. The van der Waals surface area contributed by atoms with E-state index in [-0.39, 0.29) is 0 Å². The molecule has 2 nitrogen and oxygen atoms in total. The van der Waals surface area contributed by atoms with Gasteiger partial charge in [-0.15, -0.1) is 0 Å². The van der Waals surface area contributed by atoms with Gasteiger partial charge in [-0.25, -0.2) is 0 Å². The maximum atomic E-state index is 4.68. The molecule has 28 heavy (non-hydrogen) atoms. The summed E-state index contributed by atoms with van der Waals surface area (Å²) in [5.74, 6) is 1.15. The van der Waals surface area contributed by atoms with Crippen molar-refractivity contribution in [3.05, 3.63) is 0 Å². The molecule has 0 radical (unpaired) electrons. The minimum Gasteiger partial charge on any atom is -0.374 e. The smallest absolute Gasteiger partial charge is 0.0931 e. The fourth-order valence-electron chi connectivity index (χ4n) is 3.78. The van der Waals surface area contributed by atoms with Gasteiger partial charge in [-0.05, 0) is 19.8 Å². The summed E-state index contributed by atoms with van der Waals surface area (Å²) in [5, 5.41) is 3.49. The standard InChI is InChI=1S/C26H54N2/c1-4-6-8-10-12-14-16-18-20-22-24-27-26(3)28-25-23-21-19-17-15-13-11-9-7-5-2/h4-25H2,1-3H3,(H,27,28). The number of amidine groups is 1. The number of hydrogen-bond donors (Lipinski definition) is 1. The zero-order valence-corrected chi connectivity index (χ0v) is 20.0. The normalized spacial score (nSPS) is 11.9. The van der Waals surface area contributed by atoms with Crippen LogP contribution in [0.15, 0.2) is 4.99 Å². The molecule has 1 N–H and O–H groups in total. The highest BCUT2D eigenvalue weighted by molar-refractivity contribution is 5.79. The van der Waals surface area contributed by atoms with E-state index in [2.05, 4.69) is 31.1 Å². The molecular weight excluding hydrogens is 340 g/mol. The Kier molecular flexibility index (Phi) is 24.0. The van der Waals surface area contributed by atoms with Crippen LogP contribution in [0.1, 0.15) is 149 Å². The largest absolute Gasteiger partial charge is 0.374 e. The van der Waals surface area contributed by atoms with Gasteiger partial charge in [0, 0.05) is 13.1 Å². The maximum absolute atomic E-state index is 4.68. The molecule has 0 spiro atoms. The molecule has 168 valence electrons. The lowest BCUT2D eigenvalue weighted by Gasteiger charge is -2.06. The zero-order chi connectivity index (χ0) is 20.5. The predicted molar refractivity (Wildman–Crippen MR) is 130 cm³/mol. The third-order valence-electron chi connectivity index (χ3n) is 5.77. The molecule has 0 fully saturated rings. The van der Waals surface area contributed by atoms with E-state index in [0.717, 1.165) is 18.9 Å². The highest BCUT2D eigenvalue weighted by Gasteiger charge is 1.95. The van der Waals surface area contributed by atoms with Crippen molar-refractivity contribution in [2.75, 3.05) is 13.1 Å². The molecule has 2 heteroatoms. The first-order valence-corrected chi connectivity index (χ1v) is 13.1. The van der Waals surface area contributed by atoms with E-state index in [1.54, 1.807) is 0 Å². The quantitative estimate of drug-likeness (QED) is 0.111. The van der Waals surface area contributed by atoms with Gasteiger partial charge in [-0.1, -0.05) is 129 Å². The van der Waals surface area contributed by atoms with Gasteiger partial charge in [0.15, 0.2) is 0 Å². The Morgan fingerprint density at radius 2 is 0.857 bits per heavy atom. The number of rotatable bonds is 22. The van der Waals surface area contributed by atoms with Crippen molar-refractivity contribution < 1.29 is 0 Å². The van der Waals surface area contributed by atoms with Crippen LogP contribution in [0.3, 0.4) is 0 Å². The van der Waals surface area contributed by atoms with Gasteiger partial charge >= 0.3 is 0 Å². The summed E-state index contributed by atoms with van der Waals surface area (Å²) in [6.45, 7) is 8.82. The second-order valence-electron chi connectivity index (χ2n) is 8.76. The third-order valence-corrected chi connectivity index (χ3v) is 5.77. The van der Waals surface area contributed by atoms with E-state index in [4.69, 9.17) is 0 Å². The Morgan fingerprint density at radius 1 is 0.500 bits per heavy atom. The fourth-order valence-corrected chi connectivity index (χ4v) is 3.78. The predicted octanol–water partition coefficient (Wildman–Crippen LogP) is 8.84. The van der Waals surface area contributed by atoms with Crippen LogP contribution in [0.25, 0.3) is 0 Å². The summed E-state index contributed by atoms with van der Waals surface area (Å²) in [6, 6.07) is 0. The molecule has 0 saturated heterocycles. The second-order valence-corrected chi connectivity index (χ2v) is 8.76. The lowest BCUT2D eigenvalue weighted by atomic mass is 10.1. The molecule has 0 aromatic rings. The van der Waals surface area contributed by atoms with Crippen molar-refractivity contribution in [3.8, 4) is 0 Å². The van der Waals surface area contributed by atoms with Crippen molar-refractivity contribution in [1.29, 1.82) is 0 Å². The molecule has 0 saturated carbocycles. The zero-order valence-electron chi connectivity index (χ0n) is 20.0. The molecule has 0 aromatic carbocycles. The van der Waals surface area contributed by atoms with Gasteiger partial charge in [-0.3, -0.25) is 4.99 Å². The van der Waals surface area contributed by atoms with Crippen molar-refractivity contribution in [3.63, 3.8) is 0 Å². The number of hydrogen-bond acceptors (Lipinski definition) is 1. The summed E-state index contributed by atoms with van der Waals surface area (Å²) in [7, 11) is 0. The highest BCUT2D eigenvalue weighted by Crippen LogP contribution is 2.11. The summed E-state index contributed by atoms with van der Waals surface area (Å²) in [6.07, 6.45) is 28.0. The minimum atomic E-state index is 1.01. The topological polar surface area (TPSA) is 24.4 Å². The van der Waals surface area contributed by atoms with Gasteiger partial charge in [0.2, 0.25) is 0 Å². The van der Waals surface area contributed by atoms with Crippen LogP contribution in [-0.4, -0.2) is 18.9 Å². The van der Waals surface area contributed by atoms with Gasteiger partial charge in [0.25, 0.3) is 0 Å². The van der Waals surface area contributed by atoms with Crippen molar-refractivity contribution in [2.45, 2.75) is 149 Å². The van der Waals surface area contributed by atoms with E-state index in [1.165, 1.54) is 128 Å². The number of unbranched alkanes of at least 4 members (excludes halogenated alkanes) is 18. The van der Waals surface area contributed by atoms with Crippen molar-refractivity contribution in [1.82, 2.24) is 5.32 Å². The maximum Gasteiger partial charge on any atom is 0.0931 e. The van der Waals surface area contributed by atoms with Gasteiger partial charge in [-0.2, -0.15) is 0 Å². The molecule has 0 aliphatic heterocycles. The molecule has 0 aromatic heterocycles. The Morgan fingerprint density at radius 3 is 1.29 bits per heavy atom. The van der Waals surface area contributed by atoms with Crippen molar-refractivity contribution in [2.24, 2.45) is 4.99 Å². The SMILES string of the molecule is CCCCCCCCCCCCN=C(C)NCCCCCCCCCCCC. The van der Waals surface area contributed by atoms with Crippen LogP contribution in [0, 0.1) is 0 Å². The van der Waals surface area contributed by atoms with Gasteiger partial charge in [0.1, 0.15) is 0 Å². The van der Waals surface area contributed by atoms with Gasteiger partial charge in [0.05, 0.1) is 5.84 Å². The van der Waals surface area contributed by atoms with E-state index in [9.17, 15) is 0 Å². The molecule has 0 rings (SSSR count). The third kappa shape index (κ3) is 23.5. The van der Waals surface area contributed by atoms with Crippen molar-refractivity contribution >= 4 is 5.84 Å². The van der Waals surface area contributed by atoms with Crippen LogP contribution in [0.5, 0.6) is 0 Å². The summed E-state index contributed by atoms with van der Waals surface area (Å²) < 4.78 is 0. The average molecular weight is 395 g/mol. The van der Waals surface area contributed by atoms with Crippen LogP contribution < -0.4 is 5.32 Å². The molecular formula is C26H54N2. The first-order chi connectivity index (χ1) is 13.8. The monoisotopic (exact) mass is 394 g/mol. The molecule has 0 heterocycles. The van der Waals surface area contributed by atoms with E-state index < -0.39 is 0 Å². The van der Waals surface area contributed by atoms with Crippen LogP contribution in [0.2, 0.25) is 0 Å².